The first kappa shape index (κ1) is 35.5. The number of carbonyl (C=O) groups excluding carboxylic acids is 2. The molecule has 3 amide bonds. The summed E-state index contributed by atoms with van der Waals surface area (Å²) in [6.07, 6.45) is 2.52. The van der Waals surface area contributed by atoms with Gasteiger partial charge in [0.2, 0.25) is 0 Å². The lowest BCUT2D eigenvalue weighted by Crippen LogP contribution is -2.51. The van der Waals surface area contributed by atoms with E-state index in [0.29, 0.717) is 24.2 Å². The summed E-state index contributed by atoms with van der Waals surface area (Å²) in [6.45, 7) is 0.744. The molecule has 0 saturated heterocycles. The normalized spacial score (nSPS) is 12.5. The molecule has 16 nitrogen and oxygen atoms in total. The van der Waals surface area contributed by atoms with Gasteiger partial charge in [-0.15, -0.1) is 5.10 Å². The summed E-state index contributed by atoms with van der Waals surface area (Å²) in [4.78, 5) is 62.2. The number of hydrogen-bond acceptors (Lipinski definition) is 8. The van der Waals surface area contributed by atoms with Crippen LogP contribution in [0.25, 0.3) is 0 Å². The fourth-order valence-corrected chi connectivity index (χ4v) is 4.10. The van der Waals surface area contributed by atoms with Crippen LogP contribution in [0.4, 0.5) is 13.4 Å². The van der Waals surface area contributed by atoms with Gasteiger partial charge in [0.1, 0.15) is 30.8 Å². The summed E-state index contributed by atoms with van der Waals surface area (Å²) in [5.41, 5.74) is 1.43. The zero-order valence-electron chi connectivity index (χ0n) is 24.3. The summed E-state index contributed by atoms with van der Waals surface area (Å²) in [6, 6.07) is -0.684. The number of aliphatic carboxylic acids is 3. The number of amides is 3. The molecule has 44 heavy (non-hydrogen) atoms. The maximum absolute atomic E-state index is 12.7. The number of pyridine rings is 1. The predicted molar refractivity (Wildman–Crippen MR) is 150 cm³/mol. The van der Waals surface area contributed by atoms with E-state index >= 15 is 0 Å². The molecule has 2 aromatic heterocycles. The van der Waals surface area contributed by atoms with Crippen LogP contribution in [0.5, 0.6) is 0 Å². The first-order valence-corrected chi connectivity index (χ1v) is 13.6. The number of rotatable bonds is 19. The fourth-order valence-electron chi connectivity index (χ4n) is 4.10. The Balaban J connectivity index is 1.76. The number of carboxylic acid groups (broad SMARTS) is 3. The summed E-state index contributed by atoms with van der Waals surface area (Å²) >= 11 is 0. The van der Waals surface area contributed by atoms with Gasteiger partial charge < -0.3 is 35.8 Å². The van der Waals surface area contributed by atoms with Gasteiger partial charge in [0.15, 0.2) is 0 Å². The van der Waals surface area contributed by atoms with Gasteiger partial charge in [0.25, 0.3) is 5.91 Å². The number of quaternary nitrogens is 1. The van der Waals surface area contributed by atoms with Gasteiger partial charge in [0, 0.05) is 19.2 Å². The molecule has 6 N–H and O–H groups in total. The summed E-state index contributed by atoms with van der Waals surface area (Å²) in [5.74, 6) is -4.44. The van der Waals surface area contributed by atoms with Crippen LogP contribution in [-0.2, 0) is 27.5 Å². The number of aromatic nitrogens is 4. The highest BCUT2D eigenvalue weighted by Crippen LogP contribution is 2.10. The molecular weight excluding hydrogens is 589 g/mol. The van der Waals surface area contributed by atoms with E-state index < -0.39 is 55.6 Å². The number of carbonyl (C=O) groups is 5. The third-order valence-electron chi connectivity index (χ3n) is 6.28. The standard InChI is InChI=1S/C25H35BF2N8O8/c1-36(2,15-26(27)28)14-18-13-35(34-33-18)12-17-7-6-16(11-30-17)22(39)29-10-4-3-5-19(23(40)41)31-25(44)32-20(24(42)43)8-9-21(37)38/h6-7,11,13,19-20H,3-5,8-10,12,14-15H2,1-2H3,(H5-,29,31,32,37,38,39,40,41,42,43,44)/p+1/t19-,20-/m0/s1. The van der Waals surface area contributed by atoms with E-state index in [0.717, 1.165) is 0 Å². The minimum absolute atomic E-state index is 0.00548. The molecule has 0 radical (unpaired) electrons. The molecule has 2 rings (SSSR count). The molecule has 0 unspecified atom stereocenters. The third-order valence-corrected chi connectivity index (χ3v) is 6.28. The zero-order chi connectivity index (χ0) is 32.9. The molecule has 2 aromatic rings. The molecule has 19 heteroatoms. The van der Waals surface area contributed by atoms with Gasteiger partial charge in [-0.1, -0.05) is 5.21 Å². The van der Waals surface area contributed by atoms with E-state index in [1.807, 2.05) is 0 Å². The van der Waals surface area contributed by atoms with Crippen LogP contribution in [0.2, 0.25) is 0 Å². The molecule has 0 fully saturated rings. The Morgan fingerprint density at radius 1 is 0.977 bits per heavy atom. The minimum atomic E-state index is -2.44. The van der Waals surface area contributed by atoms with Crippen LogP contribution in [0.3, 0.4) is 0 Å². The highest BCUT2D eigenvalue weighted by Gasteiger charge is 2.28. The molecular formula is C25H36BF2N8O8+. The molecule has 0 aliphatic carbocycles. The third kappa shape index (κ3) is 13.1. The topological polar surface area (TPSA) is 226 Å². The number of halogens is 2. The van der Waals surface area contributed by atoms with Gasteiger partial charge in [0.05, 0.1) is 38.1 Å². The largest absolute Gasteiger partial charge is 0.592 e. The van der Waals surface area contributed by atoms with E-state index in [1.165, 1.54) is 10.9 Å². The van der Waals surface area contributed by atoms with Gasteiger partial charge in [-0.3, -0.25) is 23.2 Å². The molecule has 0 aliphatic rings. The van der Waals surface area contributed by atoms with E-state index in [9.17, 15) is 37.7 Å². The van der Waals surface area contributed by atoms with Crippen LogP contribution >= 0.6 is 0 Å². The second-order valence-corrected chi connectivity index (χ2v) is 10.7. The lowest BCUT2D eigenvalue weighted by Gasteiger charge is -2.27. The van der Waals surface area contributed by atoms with Crippen LogP contribution < -0.4 is 16.0 Å². The van der Waals surface area contributed by atoms with Crippen LogP contribution in [0, 0.1) is 0 Å². The van der Waals surface area contributed by atoms with Crippen molar-refractivity contribution in [2.45, 2.75) is 57.3 Å². The molecule has 0 aliphatic heterocycles. The maximum atomic E-state index is 12.7. The molecule has 0 spiro atoms. The number of carboxylic acids is 3. The Hall–Kier alpha value is -4.68. The van der Waals surface area contributed by atoms with Crippen molar-refractivity contribution < 1.29 is 52.4 Å². The maximum Gasteiger partial charge on any atom is 0.592 e. The van der Waals surface area contributed by atoms with E-state index in [4.69, 9.17) is 10.2 Å². The van der Waals surface area contributed by atoms with Crippen molar-refractivity contribution in [2.75, 3.05) is 27.1 Å². The monoisotopic (exact) mass is 625 g/mol. The van der Waals surface area contributed by atoms with Crippen molar-refractivity contribution >= 4 is 37.1 Å². The number of urea groups is 1. The van der Waals surface area contributed by atoms with Gasteiger partial charge in [-0.25, -0.2) is 19.1 Å². The SMILES string of the molecule is C[N+](C)(CB(F)F)Cc1cn(Cc2ccc(C(=O)NCCCC[C@H](NC(=O)N[C@@H](CCC(=O)O)C(=O)O)C(=O)O)cn2)nn1. The zero-order valence-corrected chi connectivity index (χ0v) is 24.3. The first-order chi connectivity index (χ1) is 20.6. The van der Waals surface area contributed by atoms with E-state index in [2.05, 4.69) is 31.2 Å². The van der Waals surface area contributed by atoms with Gasteiger partial charge in [-0.05, 0) is 37.8 Å². The smallest absolute Gasteiger partial charge is 0.481 e. The molecule has 240 valence electrons. The fraction of sp³-hybridized carbons (Fsp3) is 0.520. The number of nitrogens with zero attached hydrogens (tertiary/aromatic N) is 5. The summed E-state index contributed by atoms with van der Waals surface area (Å²) in [7, 11) is 0.919. The lowest BCUT2D eigenvalue weighted by atomic mass is 9.97. The Morgan fingerprint density at radius 2 is 1.64 bits per heavy atom. The summed E-state index contributed by atoms with van der Waals surface area (Å²) in [5, 5.41) is 42.1. The van der Waals surface area contributed by atoms with Crippen molar-refractivity contribution in [2.24, 2.45) is 0 Å². The van der Waals surface area contributed by atoms with E-state index in [1.54, 1.807) is 32.4 Å². The van der Waals surface area contributed by atoms with Crippen LogP contribution in [0.15, 0.2) is 24.5 Å². The number of nitrogens with one attached hydrogen (secondary N) is 3. The highest BCUT2D eigenvalue weighted by atomic mass is 19.2. The molecule has 0 bridgehead atoms. The highest BCUT2D eigenvalue weighted by molar-refractivity contribution is 6.42. The second kappa shape index (κ2) is 16.8. The number of unbranched alkanes of at least 4 members (excludes halogenated alkanes) is 1. The van der Waals surface area contributed by atoms with Crippen molar-refractivity contribution in [1.29, 1.82) is 0 Å². The van der Waals surface area contributed by atoms with Crippen molar-refractivity contribution in [3.63, 3.8) is 0 Å². The Bertz CT molecular complexity index is 1300. The van der Waals surface area contributed by atoms with Crippen LogP contribution in [0.1, 0.15) is 53.8 Å². The molecule has 2 atom stereocenters. The predicted octanol–water partition coefficient (Wildman–Crippen LogP) is 0.235. The molecule has 0 aromatic carbocycles. The quantitative estimate of drug-likeness (QED) is 0.0704. The summed E-state index contributed by atoms with van der Waals surface area (Å²) < 4.78 is 27.1. The molecule has 2 heterocycles. The van der Waals surface area contributed by atoms with Crippen molar-refractivity contribution in [3.8, 4) is 0 Å². The van der Waals surface area contributed by atoms with E-state index in [-0.39, 0.29) is 49.0 Å². The molecule has 0 saturated carbocycles. The Kier molecular flexibility index (Phi) is 13.6. The van der Waals surface area contributed by atoms with Gasteiger partial charge >= 0.3 is 31.2 Å². The second-order valence-electron chi connectivity index (χ2n) is 10.7. The van der Waals surface area contributed by atoms with Gasteiger partial charge in [-0.2, -0.15) is 0 Å². The Labute approximate surface area is 251 Å². The average molecular weight is 625 g/mol. The average Bonchev–Trinajstić information content (AvgIpc) is 3.34. The number of hydrogen-bond donors (Lipinski definition) is 6. The van der Waals surface area contributed by atoms with Crippen molar-refractivity contribution in [3.05, 3.63) is 41.5 Å². The first-order valence-electron chi connectivity index (χ1n) is 13.6. The minimum Gasteiger partial charge on any atom is -0.481 e. The van der Waals surface area contributed by atoms with Crippen LogP contribution in [-0.4, -0.2) is 116 Å². The lowest BCUT2D eigenvalue weighted by molar-refractivity contribution is -0.894. The Morgan fingerprint density at radius 3 is 2.20 bits per heavy atom. The van der Waals surface area contributed by atoms with Crippen molar-refractivity contribution in [1.82, 2.24) is 35.9 Å².